The minimum Gasteiger partial charge on any atom is -0.451 e. The van der Waals surface area contributed by atoms with E-state index < -0.39 is 18.2 Å². The second-order valence-corrected chi connectivity index (χ2v) is 3.75. The van der Waals surface area contributed by atoms with E-state index in [4.69, 9.17) is 18.9 Å². The first-order valence-electron chi connectivity index (χ1n) is 4.48. The molecule has 0 bridgehead atoms. The van der Waals surface area contributed by atoms with Crippen LogP contribution < -0.4 is 0 Å². The summed E-state index contributed by atoms with van der Waals surface area (Å²) in [5.74, 6) is 0.111. The van der Waals surface area contributed by atoms with Gasteiger partial charge >= 0.3 is 0 Å². The molecule has 0 aliphatic carbocycles. The number of methoxy groups -OCH3 is 1. The lowest BCUT2D eigenvalue weighted by molar-refractivity contribution is -0.163. The Morgan fingerprint density at radius 1 is 1.36 bits per heavy atom. The zero-order chi connectivity index (χ0) is 10.3. The Morgan fingerprint density at radius 3 is 2.64 bits per heavy atom. The third kappa shape index (κ3) is 1.47. The molecule has 14 heavy (non-hydrogen) atoms. The molecule has 0 spiro atoms. The number of ether oxygens (including phenoxy) is 4. The maximum absolute atomic E-state index is 9.58. The van der Waals surface area contributed by atoms with Crippen molar-refractivity contribution < 1.29 is 24.1 Å². The predicted molar refractivity (Wildman–Crippen MR) is 46.0 cm³/mol. The van der Waals surface area contributed by atoms with Crippen molar-refractivity contribution in [2.75, 3.05) is 13.7 Å². The largest absolute Gasteiger partial charge is 0.451 e. The molecule has 0 amide bonds. The van der Waals surface area contributed by atoms with Crippen LogP contribution in [-0.2, 0) is 18.9 Å². The van der Waals surface area contributed by atoms with Crippen molar-refractivity contribution in [2.24, 2.45) is 0 Å². The maximum Gasteiger partial charge on any atom is 0.245 e. The first-order valence-corrected chi connectivity index (χ1v) is 4.48. The van der Waals surface area contributed by atoms with Gasteiger partial charge in [-0.25, -0.2) is 0 Å². The SMILES string of the molecule is COC1OCC(O)C2=C1OC(C)(C)O2. The Morgan fingerprint density at radius 2 is 2.00 bits per heavy atom. The zero-order valence-corrected chi connectivity index (χ0v) is 8.44. The van der Waals surface area contributed by atoms with Crippen molar-refractivity contribution in [3.05, 3.63) is 11.5 Å². The van der Waals surface area contributed by atoms with Gasteiger partial charge in [0.05, 0.1) is 6.61 Å². The second-order valence-electron chi connectivity index (χ2n) is 3.75. The van der Waals surface area contributed by atoms with Crippen LogP contribution in [0, 0.1) is 0 Å². The minimum absolute atomic E-state index is 0.163. The smallest absolute Gasteiger partial charge is 0.245 e. The zero-order valence-electron chi connectivity index (χ0n) is 8.44. The summed E-state index contributed by atoms with van der Waals surface area (Å²) in [6, 6.07) is 0. The van der Waals surface area contributed by atoms with Gasteiger partial charge in [-0.05, 0) is 0 Å². The van der Waals surface area contributed by atoms with Gasteiger partial charge in [0.15, 0.2) is 11.5 Å². The van der Waals surface area contributed by atoms with Crippen molar-refractivity contribution >= 4 is 0 Å². The monoisotopic (exact) mass is 202 g/mol. The fraction of sp³-hybridized carbons (Fsp3) is 0.778. The molecule has 2 unspecified atom stereocenters. The van der Waals surface area contributed by atoms with Gasteiger partial charge in [-0.3, -0.25) is 0 Å². The molecule has 0 saturated heterocycles. The van der Waals surface area contributed by atoms with Gasteiger partial charge in [-0.1, -0.05) is 0 Å². The molecule has 0 aromatic rings. The molecule has 0 aromatic carbocycles. The molecule has 2 rings (SSSR count). The van der Waals surface area contributed by atoms with Gasteiger partial charge in [-0.2, -0.15) is 0 Å². The van der Waals surface area contributed by atoms with Crippen molar-refractivity contribution in [3.8, 4) is 0 Å². The lowest BCUT2D eigenvalue weighted by Crippen LogP contribution is -2.32. The molecule has 5 heteroatoms. The third-order valence-electron chi connectivity index (χ3n) is 2.09. The summed E-state index contributed by atoms with van der Waals surface area (Å²) in [6.07, 6.45) is -1.34. The molecule has 0 radical (unpaired) electrons. The van der Waals surface area contributed by atoms with E-state index in [2.05, 4.69) is 0 Å². The molecular formula is C9H14O5. The van der Waals surface area contributed by atoms with E-state index in [1.807, 2.05) is 0 Å². The van der Waals surface area contributed by atoms with Crippen LogP contribution in [-0.4, -0.2) is 37.0 Å². The summed E-state index contributed by atoms with van der Waals surface area (Å²) < 4.78 is 21.2. The Balaban J connectivity index is 2.26. The van der Waals surface area contributed by atoms with Gasteiger partial charge in [-0.15, -0.1) is 0 Å². The Labute approximate surface area is 82.2 Å². The molecule has 0 aromatic heterocycles. The molecule has 0 fully saturated rings. The number of aliphatic hydroxyl groups is 1. The lowest BCUT2D eigenvalue weighted by Gasteiger charge is -2.23. The van der Waals surface area contributed by atoms with Crippen LogP contribution in [0.3, 0.4) is 0 Å². The van der Waals surface area contributed by atoms with E-state index >= 15 is 0 Å². The molecule has 0 saturated carbocycles. The fourth-order valence-electron chi connectivity index (χ4n) is 1.55. The normalized spacial score (nSPS) is 34.9. The van der Waals surface area contributed by atoms with Crippen LogP contribution in [0.2, 0.25) is 0 Å². The van der Waals surface area contributed by atoms with Gasteiger partial charge in [0.2, 0.25) is 12.1 Å². The average molecular weight is 202 g/mol. The van der Waals surface area contributed by atoms with Crippen molar-refractivity contribution in [1.82, 2.24) is 0 Å². The Bertz CT molecular complexity index is 270. The Kier molecular flexibility index (Phi) is 2.17. The summed E-state index contributed by atoms with van der Waals surface area (Å²) >= 11 is 0. The van der Waals surface area contributed by atoms with Gasteiger partial charge in [0.1, 0.15) is 6.10 Å². The summed E-state index contributed by atoms with van der Waals surface area (Å²) in [5, 5.41) is 9.58. The first kappa shape index (κ1) is 9.76. The summed E-state index contributed by atoms with van der Waals surface area (Å²) in [4.78, 5) is 0. The van der Waals surface area contributed by atoms with E-state index in [1.54, 1.807) is 13.8 Å². The molecule has 2 atom stereocenters. The molecule has 2 aliphatic rings. The topological polar surface area (TPSA) is 57.2 Å². The standard InChI is InChI=1S/C9H14O5/c1-9(2)13-6-5(10)4-12-8(11-3)7(6)14-9/h5,8,10H,4H2,1-3H3. The number of hydrogen-bond acceptors (Lipinski definition) is 5. The lowest BCUT2D eigenvalue weighted by atomic mass is 10.2. The molecule has 5 nitrogen and oxygen atoms in total. The summed E-state index contributed by atoms with van der Waals surface area (Å²) in [6.45, 7) is 3.70. The minimum atomic E-state index is -0.766. The molecule has 80 valence electrons. The van der Waals surface area contributed by atoms with E-state index in [-0.39, 0.29) is 6.61 Å². The van der Waals surface area contributed by atoms with Crippen LogP contribution in [0.4, 0.5) is 0 Å². The molecular weight excluding hydrogens is 188 g/mol. The van der Waals surface area contributed by atoms with Crippen LogP contribution in [0.25, 0.3) is 0 Å². The molecule has 1 N–H and O–H groups in total. The van der Waals surface area contributed by atoms with E-state index in [1.165, 1.54) is 7.11 Å². The van der Waals surface area contributed by atoms with Gasteiger partial charge < -0.3 is 24.1 Å². The first-order chi connectivity index (χ1) is 6.53. The van der Waals surface area contributed by atoms with E-state index in [0.29, 0.717) is 11.5 Å². The highest BCUT2D eigenvalue weighted by atomic mass is 16.8. The van der Waals surface area contributed by atoms with Crippen LogP contribution in [0.1, 0.15) is 13.8 Å². The Hall–Kier alpha value is -0.780. The number of hydrogen-bond donors (Lipinski definition) is 1. The number of aliphatic hydroxyl groups excluding tert-OH is 1. The quantitative estimate of drug-likeness (QED) is 0.664. The fourth-order valence-corrected chi connectivity index (χ4v) is 1.55. The maximum atomic E-state index is 9.58. The summed E-state index contributed by atoms with van der Waals surface area (Å²) in [5.41, 5.74) is 0. The van der Waals surface area contributed by atoms with Crippen molar-refractivity contribution in [3.63, 3.8) is 0 Å². The van der Waals surface area contributed by atoms with Crippen LogP contribution in [0.15, 0.2) is 11.5 Å². The van der Waals surface area contributed by atoms with Gasteiger partial charge in [0.25, 0.3) is 0 Å². The van der Waals surface area contributed by atoms with Crippen LogP contribution in [0.5, 0.6) is 0 Å². The molecule has 2 aliphatic heterocycles. The predicted octanol–water partition coefficient (Wildman–Crippen LogP) is 0.344. The molecule has 2 heterocycles. The number of rotatable bonds is 1. The van der Waals surface area contributed by atoms with E-state index in [9.17, 15) is 5.11 Å². The second kappa shape index (κ2) is 3.12. The average Bonchev–Trinajstić information content (AvgIpc) is 2.42. The highest BCUT2D eigenvalue weighted by Crippen LogP contribution is 2.37. The van der Waals surface area contributed by atoms with Crippen LogP contribution >= 0.6 is 0 Å². The van der Waals surface area contributed by atoms with Gasteiger partial charge in [0, 0.05) is 21.0 Å². The van der Waals surface area contributed by atoms with E-state index in [0.717, 1.165) is 0 Å². The summed E-state index contributed by atoms with van der Waals surface area (Å²) in [7, 11) is 1.52. The highest BCUT2D eigenvalue weighted by molar-refractivity contribution is 5.16. The van der Waals surface area contributed by atoms with Crippen molar-refractivity contribution in [1.29, 1.82) is 0 Å². The van der Waals surface area contributed by atoms with Crippen molar-refractivity contribution in [2.45, 2.75) is 32.0 Å². The third-order valence-corrected chi connectivity index (χ3v) is 2.09. The highest BCUT2D eigenvalue weighted by Gasteiger charge is 2.44.